The molecule has 2 aromatic rings. The number of nitrogens with one attached hydrogen (secondary N) is 2. The van der Waals surface area contributed by atoms with E-state index in [-0.39, 0.29) is 43.2 Å². The Balaban J connectivity index is 1.43. The Hall–Kier alpha value is -3.35. The Bertz CT molecular complexity index is 945. The number of benzene rings is 2. The summed E-state index contributed by atoms with van der Waals surface area (Å²) >= 11 is 0. The summed E-state index contributed by atoms with van der Waals surface area (Å²) in [5, 5.41) is 14.4. The number of carboxylic acids is 1. The van der Waals surface area contributed by atoms with E-state index in [1.165, 1.54) is 11.1 Å². The lowest BCUT2D eigenvalue weighted by atomic mass is 9.98. The normalized spacial score (nSPS) is 14.0. The van der Waals surface area contributed by atoms with Gasteiger partial charge in [-0.3, -0.25) is 9.59 Å². The summed E-state index contributed by atoms with van der Waals surface area (Å²) in [4.78, 5) is 35.3. The third kappa shape index (κ3) is 6.57. The zero-order valence-corrected chi connectivity index (χ0v) is 19.2. The van der Waals surface area contributed by atoms with Crippen molar-refractivity contribution < 1.29 is 24.2 Å². The molecule has 2 atom stereocenters. The number of amides is 2. The van der Waals surface area contributed by atoms with Crippen LogP contribution in [0, 0.1) is 5.92 Å². The van der Waals surface area contributed by atoms with Crippen molar-refractivity contribution in [3.8, 4) is 11.1 Å². The van der Waals surface area contributed by atoms with E-state index < -0.39 is 12.1 Å². The molecule has 2 amide bonds. The van der Waals surface area contributed by atoms with Crippen molar-refractivity contribution in [3.05, 3.63) is 59.7 Å². The Morgan fingerprint density at radius 3 is 2.21 bits per heavy atom. The predicted octanol–water partition coefficient (Wildman–Crippen LogP) is 4.31. The molecule has 1 aliphatic carbocycles. The molecule has 0 aromatic heterocycles. The second-order valence-electron chi connectivity index (χ2n) is 8.62. The molecule has 0 saturated heterocycles. The summed E-state index contributed by atoms with van der Waals surface area (Å²) in [6.07, 6.45) is 0.845. The Morgan fingerprint density at radius 2 is 1.64 bits per heavy atom. The number of carboxylic acid groups (broad SMARTS) is 1. The maximum Gasteiger partial charge on any atom is 0.407 e. The first-order chi connectivity index (χ1) is 15.9. The van der Waals surface area contributed by atoms with Gasteiger partial charge < -0.3 is 20.5 Å². The molecule has 0 aliphatic heterocycles. The van der Waals surface area contributed by atoms with Gasteiger partial charge in [0, 0.05) is 31.3 Å². The molecule has 0 radical (unpaired) electrons. The highest BCUT2D eigenvalue weighted by atomic mass is 16.5. The standard InChI is InChI=1S/C26H32N2O5/c1-3-18(12-13-25(30)31)28-24(29)14-17(2)15-27-26(32)33-16-23-21-10-6-4-8-19(21)20-9-5-7-11-22(20)23/h4-11,17-18,23H,3,12-16H2,1-2H3,(H,27,32)(H,28,29)(H,30,31). The summed E-state index contributed by atoms with van der Waals surface area (Å²) in [6.45, 7) is 4.35. The van der Waals surface area contributed by atoms with Gasteiger partial charge in [0.2, 0.25) is 5.91 Å². The molecule has 7 nitrogen and oxygen atoms in total. The molecule has 0 spiro atoms. The van der Waals surface area contributed by atoms with Crippen molar-refractivity contribution >= 4 is 18.0 Å². The largest absolute Gasteiger partial charge is 0.481 e. The molecule has 2 aromatic carbocycles. The van der Waals surface area contributed by atoms with Crippen molar-refractivity contribution in [2.24, 2.45) is 5.92 Å². The van der Waals surface area contributed by atoms with Gasteiger partial charge >= 0.3 is 12.1 Å². The van der Waals surface area contributed by atoms with E-state index in [4.69, 9.17) is 9.84 Å². The molecule has 3 N–H and O–H groups in total. The first-order valence-corrected chi connectivity index (χ1v) is 11.5. The molecule has 0 heterocycles. The van der Waals surface area contributed by atoms with Gasteiger partial charge in [0.1, 0.15) is 6.61 Å². The smallest absolute Gasteiger partial charge is 0.407 e. The number of aliphatic carboxylic acids is 1. The van der Waals surface area contributed by atoms with Gasteiger partial charge in [0.15, 0.2) is 0 Å². The van der Waals surface area contributed by atoms with Gasteiger partial charge in [-0.2, -0.15) is 0 Å². The monoisotopic (exact) mass is 452 g/mol. The first-order valence-electron chi connectivity index (χ1n) is 11.5. The van der Waals surface area contributed by atoms with Gasteiger partial charge in [-0.1, -0.05) is 62.4 Å². The fraction of sp³-hybridized carbons (Fsp3) is 0.423. The average molecular weight is 453 g/mol. The second-order valence-corrected chi connectivity index (χ2v) is 8.62. The maximum absolute atomic E-state index is 12.3. The number of rotatable bonds is 11. The fourth-order valence-electron chi connectivity index (χ4n) is 4.26. The van der Waals surface area contributed by atoms with E-state index in [9.17, 15) is 14.4 Å². The van der Waals surface area contributed by atoms with E-state index in [0.29, 0.717) is 19.4 Å². The quantitative estimate of drug-likeness (QED) is 0.471. The summed E-state index contributed by atoms with van der Waals surface area (Å²) in [6, 6.07) is 16.2. The highest BCUT2D eigenvalue weighted by Crippen LogP contribution is 2.44. The molecule has 0 fully saturated rings. The van der Waals surface area contributed by atoms with Crippen LogP contribution in [0.1, 0.15) is 56.6 Å². The topological polar surface area (TPSA) is 105 Å². The van der Waals surface area contributed by atoms with Crippen LogP contribution >= 0.6 is 0 Å². The number of carbonyl (C=O) groups is 3. The van der Waals surface area contributed by atoms with Crippen molar-refractivity contribution in [3.63, 3.8) is 0 Å². The van der Waals surface area contributed by atoms with Gasteiger partial charge in [0.25, 0.3) is 0 Å². The maximum atomic E-state index is 12.3. The highest BCUT2D eigenvalue weighted by Gasteiger charge is 2.29. The summed E-state index contributed by atoms with van der Waals surface area (Å²) in [5.74, 6) is -1.09. The SMILES string of the molecule is CCC(CCC(=O)O)NC(=O)CC(C)CNC(=O)OCC1c2ccccc2-c2ccccc21. The molecule has 0 saturated carbocycles. The minimum Gasteiger partial charge on any atom is -0.481 e. The van der Waals surface area contributed by atoms with Crippen LogP contribution in [0.2, 0.25) is 0 Å². The molecule has 1 aliphatic rings. The van der Waals surface area contributed by atoms with Gasteiger partial charge in [-0.05, 0) is 41.0 Å². The van der Waals surface area contributed by atoms with E-state index in [2.05, 4.69) is 34.9 Å². The number of carbonyl (C=O) groups excluding carboxylic acids is 2. The van der Waals surface area contributed by atoms with Crippen molar-refractivity contribution in [1.82, 2.24) is 10.6 Å². The molecular formula is C26H32N2O5. The van der Waals surface area contributed by atoms with E-state index in [1.54, 1.807) is 0 Å². The van der Waals surface area contributed by atoms with Crippen LogP contribution in [0.4, 0.5) is 4.79 Å². The summed E-state index contributed by atoms with van der Waals surface area (Å²) in [7, 11) is 0. The van der Waals surface area contributed by atoms with Crippen LogP contribution in [0.3, 0.4) is 0 Å². The molecule has 33 heavy (non-hydrogen) atoms. The van der Waals surface area contributed by atoms with Crippen LogP contribution in [-0.4, -0.2) is 42.3 Å². The van der Waals surface area contributed by atoms with Crippen molar-refractivity contribution in [2.45, 2.75) is 51.5 Å². The first kappa shape index (κ1) is 24.3. The van der Waals surface area contributed by atoms with Crippen LogP contribution in [0.25, 0.3) is 11.1 Å². The Morgan fingerprint density at radius 1 is 1.03 bits per heavy atom. The van der Waals surface area contributed by atoms with Gasteiger partial charge in [-0.25, -0.2) is 4.79 Å². The lowest BCUT2D eigenvalue weighted by Gasteiger charge is -2.18. The van der Waals surface area contributed by atoms with Crippen molar-refractivity contribution in [1.29, 1.82) is 0 Å². The molecule has 7 heteroatoms. The van der Waals surface area contributed by atoms with Gasteiger partial charge in [-0.15, -0.1) is 0 Å². The lowest BCUT2D eigenvalue weighted by molar-refractivity contribution is -0.137. The number of alkyl carbamates (subject to hydrolysis) is 1. The fourth-order valence-corrected chi connectivity index (χ4v) is 4.26. The van der Waals surface area contributed by atoms with E-state index in [1.807, 2.05) is 38.1 Å². The number of hydrogen-bond donors (Lipinski definition) is 3. The number of hydrogen-bond acceptors (Lipinski definition) is 4. The molecule has 3 rings (SSSR count). The lowest BCUT2D eigenvalue weighted by Crippen LogP contribution is -2.37. The minimum absolute atomic E-state index is 0.00290. The Kier molecular flexibility index (Phi) is 8.46. The average Bonchev–Trinajstić information content (AvgIpc) is 3.12. The molecule has 176 valence electrons. The summed E-state index contributed by atoms with van der Waals surface area (Å²) < 4.78 is 5.53. The van der Waals surface area contributed by atoms with Crippen LogP contribution in [0.15, 0.2) is 48.5 Å². The number of fused-ring (bicyclic) bond motifs is 3. The van der Waals surface area contributed by atoms with Gasteiger partial charge in [0.05, 0.1) is 0 Å². The van der Waals surface area contributed by atoms with E-state index >= 15 is 0 Å². The zero-order chi connectivity index (χ0) is 23.8. The summed E-state index contributed by atoms with van der Waals surface area (Å²) in [5.41, 5.74) is 4.67. The highest BCUT2D eigenvalue weighted by molar-refractivity contribution is 5.79. The molecule has 0 bridgehead atoms. The van der Waals surface area contributed by atoms with Crippen molar-refractivity contribution in [2.75, 3.05) is 13.2 Å². The van der Waals surface area contributed by atoms with Crippen LogP contribution in [-0.2, 0) is 14.3 Å². The third-order valence-corrected chi connectivity index (χ3v) is 6.04. The predicted molar refractivity (Wildman–Crippen MR) is 126 cm³/mol. The van der Waals surface area contributed by atoms with Crippen LogP contribution in [0.5, 0.6) is 0 Å². The minimum atomic E-state index is -0.872. The third-order valence-electron chi connectivity index (χ3n) is 6.04. The van der Waals surface area contributed by atoms with Crippen LogP contribution < -0.4 is 10.6 Å². The van der Waals surface area contributed by atoms with E-state index in [0.717, 1.165) is 11.1 Å². The number of ether oxygens (including phenoxy) is 1. The second kappa shape index (κ2) is 11.5. The molecule has 2 unspecified atom stereocenters. The molecular weight excluding hydrogens is 420 g/mol. The Labute approximate surface area is 194 Å². The zero-order valence-electron chi connectivity index (χ0n) is 19.2.